The van der Waals surface area contributed by atoms with Gasteiger partial charge in [-0.3, -0.25) is 10.2 Å². The van der Waals surface area contributed by atoms with E-state index in [1.54, 1.807) is 6.92 Å². The molecule has 0 spiro atoms. The summed E-state index contributed by atoms with van der Waals surface area (Å²) < 4.78 is 18.2. The van der Waals surface area contributed by atoms with Gasteiger partial charge >= 0.3 is 0 Å². The van der Waals surface area contributed by atoms with Crippen molar-refractivity contribution in [3.63, 3.8) is 0 Å². The fraction of sp³-hybridized carbons (Fsp3) is 0.167. The fourth-order valence-electron chi connectivity index (χ4n) is 1.47. The van der Waals surface area contributed by atoms with Gasteiger partial charge in [0.15, 0.2) is 0 Å². The van der Waals surface area contributed by atoms with Gasteiger partial charge in [-0.1, -0.05) is 0 Å². The summed E-state index contributed by atoms with van der Waals surface area (Å²) in [6.45, 7) is 1.94. The Labute approximate surface area is 113 Å². The number of nitrogens with one attached hydrogen (secondary N) is 1. The molecule has 100 valence electrons. The van der Waals surface area contributed by atoms with Crippen molar-refractivity contribution in [2.24, 2.45) is 5.84 Å². The number of benzene rings is 1. The second-order valence-electron chi connectivity index (χ2n) is 3.74. The van der Waals surface area contributed by atoms with Crippen LogP contribution in [0.5, 0.6) is 5.75 Å². The standard InChI is InChI=1S/C12H12FN3O2S/c1-7-11(12(17)16-14)19-10(15-7)6-18-9-4-2-8(13)3-5-9/h2-5H,6,14H2,1H3,(H,16,17). The number of hydrogen-bond acceptors (Lipinski definition) is 5. The number of aryl methyl sites for hydroxylation is 1. The molecule has 0 saturated heterocycles. The smallest absolute Gasteiger partial charge is 0.277 e. The summed E-state index contributed by atoms with van der Waals surface area (Å²) in [6, 6.07) is 5.69. The van der Waals surface area contributed by atoms with Crippen LogP contribution >= 0.6 is 11.3 Å². The molecule has 1 aromatic heterocycles. The molecule has 0 aliphatic rings. The summed E-state index contributed by atoms with van der Waals surface area (Å²) in [6.07, 6.45) is 0. The third kappa shape index (κ3) is 3.27. The largest absolute Gasteiger partial charge is 0.486 e. The molecule has 0 aliphatic heterocycles. The molecule has 5 nitrogen and oxygen atoms in total. The van der Waals surface area contributed by atoms with Crippen molar-refractivity contribution in [2.45, 2.75) is 13.5 Å². The molecule has 0 bridgehead atoms. The zero-order valence-corrected chi connectivity index (χ0v) is 11.0. The molecule has 1 amide bonds. The van der Waals surface area contributed by atoms with Crippen LogP contribution in [0.25, 0.3) is 0 Å². The first kappa shape index (κ1) is 13.4. The van der Waals surface area contributed by atoms with Crippen molar-refractivity contribution >= 4 is 17.2 Å². The Hall–Kier alpha value is -1.99. The lowest BCUT2D eigenvalue weighted by molar-refractivity contribution is 0.0957. The van der Waals surface area contributed by atoms with E-state index in [4.69, 9.17) is 10.6 Å². The highest BCUT2D eigenvalue weighted by Crippen LogP contribution is 2.20. The lowest BCUT2D eigenvalue weighted by atomic mass is 10.3. The molecular formula is C12H12FN3O2S. The Morgan fingerprint density at radius 3 is 2.79 bits per heavy atom. The fourth-order valence-corrected chi connectivity index (χ4v) is 2.35. The molecule has 0 radical (unpaired) electrons. The van der Waals surface area contributed by atoms with Gasteiger partial charge in [-0.15, -0.1) is 11.3 Å². The van der Waals surface area contributed by atoms with Crippen molar-refractivity contribution < 1.29 is 13.9 Å². The summed E-state index contributed by atoms with van der Waals surface area (Å²) >= 11 is 1.21. The molecule has 3 N–H and O–H groups in total. The number of carbonyl (C=O) groups is 1. The number of hydrogen-bond donors (Lipinski definition) is 2. The highest BCUT2D eigenvalue weighted by atomic mass is 32.1. The van der Waals surface area contributed by atoms with Crippen molar-refractivity contribution in [3.8, 4) is 5.75 Å². The Morgan fingerprint density at radius 2 is 2.16 bits per heavy atom. The molecule has 0 aliphatic carbocycles. The third-order valence-electron chi connectivity index (χ3n) is 2.35. The molecule has 1 aromatic carbocycles. The molecule has 19 heavy (non-hydrogen) atoms. The van der Waals surface area contributed by atoms with Crippen LogP contribution in [0.3, 0.4) is 0 Å². The number of carbonyl (C=O) groups excluding carboxylic acids is 1. The first-order valence-corrected chi connectivity index (χ1v) is 6.27. The molecular weight excluding hydrogens is 269 g/mol. The molecule has 2 rings (SSSR count). The maximum Gasteiger partial charge on any atom is 0.277 e. The van der Waals surface area contributed by atoms with Crippen LogP contribution in [0, 0.1) is 12.7 Å². The zero-order chi connectivity index (χ0) is 13.8. The Morgan fingerprint density at radius 1 is 1.47 bits per heavy atom. The van der Waals surface area contributed by atoms with Crippen molar-refractivity contribution in [2.75, 3.05) is 0 Å². The first-order chi connectivity index (χ1) is 9.10. The lowest BCUT2D eigenvalue weighted by Gasteiger charge is -2.02. The van der Waals surface area contributed by atoms with Gasteiger partial charge < -0.3 is 4.74 Å². The van der Waals surface area contributed by atoms with Crippen LogP contribution < -0.4 is 16.0 Å². The minimum absolute atomic E-state index is 0.217. The van der Waals surface area contributed by atoms with Crippen LogP contribution in [0.4, 0.5) is 4.39 Å². The predicted molar refractivity (Wildman–Crippen MR) is 69.2 cm³/mol. The molecule has 0 atom stereocenters. The van der Waals surface area contributed by atoms with Crippen molar-refractivity contribution in [1.29, 1.82) is 0 Å². The average molecular weight is 281 g/mol. The number of hydrazine groups is 1. The number of nitrogens with zero attached hydrogens (tertiary/aromatic N) is 1. The third-order valence-corrected chi connectivity index (χ3v) is 3.48. The lowest BCUT2D eigenvalue weighted by Crippen LogP contribution is -2.29. The summed E-state index contributed by atoms with van der Waals surface area (Å²) in [4.78, 5) is 16.1. The average Bonchev–Trinajstić information content (AvgIpc) is 2.78. The first-order valence-electron chi connectivity index (χ1n) is 5.45. The number of nitrogen functional groups attached to an aromatic ring is 1. The van der Waals surface area contributed by atoms with Gasteiger partial charge in [-0.05, 0) is 31.2 Å². The Bertz CT molecular complexity index is 583. The minimum Gasteiger partial charge on any atom is -0.486 e. The quantitative estimate of drug-likeness (QED) is 0.508. The van der Waals surface area contributed by atoms with Gasteiger partial charge in [0.05, 0.1) is 5.69 Å². The molecule has 1 heterocycles. The normalized spacial score (nSPS) is 10.3. The molecule has 0 fully saturated rings. The van der Waals surface area contributed by atoms with Crippen LogP contribution in [0.1, 0.15) is 20.4 Å². The SMILES string of the molecule is Cc1nc(COc2ccc(F)cc2)sc1C(=O)NN. The van der Waals surface area contributed by atoms with Crippen LogP contribution in [-0.4, -0.2) is 10.9 Å². The van der Waals surface area contributed by atoms with Gasteiger partial charge in [0.1, 0.15) is 28.1 Å². The number of rotatable bonds is 4. The van der Waals surface area contributed by atoms with E-state index in [2.05, 4.69) is 10.4 Å². The summed E-state index contributed by atoms with van der Waals surface area (Å²) in [5.41, 5.74) is 2.67. The van der Waals surface area contributed by atoms with Crippen LogP contribution in [0.2, 0.25) is 0 Å². The maximum absolute atomic E-state index is 12.7. The highest BCUT2D eigenvalue weighted by molar-refractivity contribution is 7.13. The monoisotopic (exact) mass is 281 g/mol. The van der Waals surface area contributed by atoms with Gasteiger partial charge in [-0.2, -0.15) is 0 Å². The molecule has 0 unspecified atom stereocenters. The van der Waals surface area contributed by atoms with E-state index in [1.807, 2.05) is 0 Å². The van der Waals surface area contributed by atoms with E-state index in [0.29, 0.717) is 21.3 Å². The second kappa shape index (κ2) is 5.77. The van der Waals surface area contributed by atoms with Gasteiger partial charge in [0, 0.05) is 0 Å². The van der Waals surface area contributed by atoms with E-state index in [-0.39, 0.29) is 18.3 Å². The molecule has 2 aromatic rings. The van der Waals surface area contributed by atoms with E-state index in [1.165, 1.54) is 35.6 Å². The number of ether oxygens (including phenoxy) is 1. The minimum atomic E-state index is -0.372. The topological polar surface area (TPSA) is 77.2 Å². The van der Waals surface area contributed by atoms with E-state index in [9.17, 15) is 9.18 Å². The summed E-state index contributed by atoms with van der Waals surface area (Å²) in [5, 5.41) is 0.653. The van der Waals surface area contributed by atoms with Crippen molar-refractivity contribution in [3.05, 3.63) is 45.7 Å². The highest BCUT2D eigenvalue weighted by Gasteiger charge is 2.14. The number of amides is 1. The van der Waals surface area contributed by atoms with Crippen LogP contribution in [-0.2, 0) is 6.61 Å². The van der Waals surface area contributed by atoms with Gasteiger partial charge in [0.2, 0.25) is 0 Å². The molecule has 0 saturated carbocycles. The predicted octanol–water partition coefficient (Wildman–Crippen LogP) is 1.77. The van der Waals surface area contributed by atoms with E-state index >= 15 is 0 Å². The number of halogens is 1. The van der Waals surface area contributed by atoms with E-state index < -0.39 is 0 Å². The Balaban J connectivity index is 2.04. The molecule has 7 heteroatoms. The van der Waals surface area contributed by atoms with Gasteiger partial charge in [0.25, 0.3) is 5.91 Å². The van der Waals surface area contributed by atoms with E-state index in [0.717, 1.165) is 0 Å². The summed E-state index contributed by atoms with van der Waals surface area (Å²) in [5.74, 6) is 4.92. The number of aromatic nitrogens is 1. The van der Waals surface area contributed by atoms with Gasteiger partial charge in [-0.25, -0.2) is 15.2 Å². The zero-order valence-electron chi connectivity index (χ0n) is 10.1. The second-order valence-corrected chi connectivity index (χ2v) is 4.82. The Kier molecular flexibility index (Phi) is 4.08. The van der Waals surface area contributed by atoms with Crippen molar-refractivity contribution in [1.82, 2.24) is 10.4 Å². The number of thiazole rings is 1. The summed E-state index contributed by atoms with van der Waals surface area (Å²) in [7, 11) is 0. The number of nitrogens with two attached hydrogens (primary N) is 1. The van der Waals surface area contributed by atoms with Crippen LogP contribution in [0.15, 0.2) is 24.3 Å². The maximum atomic E-state index is 12.7.